The molecule has 160 valence electrons. The fourth-order valence-corrected chi connectivity index (χ4v) is 3.83. The Hall–Kier alpha value is -2.75. The molecule has 0 spiro atoms. The minimum atomic E-state index is -2.09. The summed E-state index contributed by atoms with van der Waals surface area (Å²) in [7, 11) is 0. The lowest BCUT2D eigenvalue weighted by Gasteiger charge is -2.27. The normalized spacial score (nSPS) is 11.2. The molecule has 0 unspecified atom stereocenters. The van der Waals surface area contributed by atoms with Crippen molar-refractivity contribution in [1.29, 1.82) is 0 Å². The predicted molar refractivity (Wildman–Crippen MR) is 119 cm³/mol. The standard InChI is InChI=1S/C26H32O4/c1-2-3-4-5-6-7-8-15-20-26(25(29)30,23(27)21-16-11-9-12-17-21)24(28)22-18-13-10-14-19-22/h9-14,16-19H,2-8,15,20H2,1H3,(H,29,30). The van der Waals surface area contributed by atoms with E-state index in [1.54, 1.807) is 60.7 Å². The number of hydrogen-bond donors (Lipinski definition) is 1. The maximum atomic E-state index is 13.4. The van der Waals surface area contributed by atoms with Gasteiger partial charge in [-0.25, -0.2) is 0 Å². The minimum absolute atomic E-state index is 0.0126. The van der Waals surface area contributed by atoms with Gasteiger partial charge in [0, 0.05) is 11.1 Å². The van der Waals surface area contributed by atoms with E-state index in [1.165, 1.54) is 25.7 Å². The average Bonchev–Trinajstić information content (AvgIpc) is 2.78. The number of carbonyl (C=O) groups excluding carboxylic acids is 2. The van der Waals surface area contributed by atoms with Crippen molar-refractivity contribution >= 4 is 17.5 Å². The number of unbranched alkanes of at least 4 members (excludes halogenated alkanes) is 7. The van der Waals surface area contributed by atoms with Gasteiger partial charge in [0.15, 0.2) is 17.0 Å². The van der Waals surface area contributed by atoms with Gasteiger partial charge in [0.1, 0.15) is 0 Å². The van der Waals surface area contributed by atoms with E-state index in [1.807, 2.05) is 0 Å². The smallest absolute Gasteiger partial charge is 0.325 e. The summed E-state index contributed by atoms with van der Waals surface area (Å²) in [5, 5.41) is 10.1. The number of rotatable bonds is 14. The van der Waals surface area contributed by atoms with Crippen molar-refractivity contribution in [2.24, 2.45) is 5.41 Å². The summed E-state index contributed by atoms with van der Waals surface area (Å²) < 4.78 is 0. The molecule has 1 N–H and O–H groups in total. The van der Waals surface area contributed by atoms with Crippen molar-refractivity contribution < 1.29 is 19.5 Å². The van der Waals surface area contributed by atoms with Gasteiger partial charge in [0.2, 0.25) is 0 Å². The molecule has 2 aromatic rings. The Morgan fingerprint density at radius 3 is 1.47 bits per heavy atom. The molecule has 0 aliphatic carbocycles. The fraction of sp³-hybridized carbons (Fsp3) is 0.423. The summed E-state index contributed by atoms with van der Waals surface area (Å²) in [5.74, 6) is -2.63. The first kappa shape index (κ1) is 23.5. The minimum Gasteiger partial charge on any atom is -0.480 e. The zero-order chi connectivity index (χ0) is 21.8. The summed E-state index contributed by atoms with van der Waals surface area (Å²) in [4.78, 5) is 39.2. The third-order valence-corrected chi connectivity index (χ3v) is 5.62. The van der Waals surface area contributed by atoms with Crippen LogP contribution in [-0.4, -0.2) is 22.6 Å². The van der Waals surface area contributed by atoms with E-state index in [2.05, 4.69) is 6.92 Å². The molecule has 4 heteroatoms. The Labute approximate surface area is 179 Å². The highest BCUT2D eigenvalue weighted by Crippen LogP contribution is 2.34. The summed E-state index contributed by atoms with van der Waals surface area (Å²) in [6, 6.07) is 16.6. The van der Waals surface area contributed by atoms with E-state index in [0.29, 0.717) is 6.42 Å². The Balaban J connectivity index is 2.21. The van der Waals surface area contributed by atoms with E-state index in [-0.39, 0.29) is 17.5 Å². The topological polar surface area (TPSA) is 71.4 Å². The molecule has 4 nitrogen and oxygen atoms in total. The summed E-state index contributed by atoms with van der Waals surface area (Å²) in [6.45, 7) is 2.18. The lowest BCUT2D eigenvalue weighted by molar-refractivity contribution is -0.143. The van der Waals surface area contributed by atoms with Crippen LogP contribution in [0.15, 0.2) is 60.7 Å². The zero-order valence-corrected chi connectivity index (χ0v) is 17.8. The molecule has 0 aromatic heterocycles. The number of ketones is 2. The van der Waals surface area contributed by atoms with Gasteiger partial charge in [-0.1, -0.05) is 119 Å². The molecular formula is C26H32O4. The molecule has 2 aromatic carbocycles. The summed E-state index contributed by atoms with van der Waals surface area (Å²) >= 11 is 0. The van der Waals surface area contributed by atoms with Crippen molar-refractivity contribution in [3.8, 4) is 0 Å². The first-order valence-corrected chi connectivity index (χ1v) is 11.0. The van der Waals surface area contributed by atoms with Crippen LogP contribution < -0.4 is 0 Å². The van der Waals surface area contributed by atoms with Gasteiger partial charge in [0.05, 0.1) is 0 Å². The van der Waals surface area contributed by atoms with Crippen LogP contribution in [0, 0.1) is 5.41 Å². The molecule has 0 heterocycles. The zero-order valence-electron chi connectivity index (χ0n) is 17.8. The van der Waals surface area contributed by atoms with E-state index in [4.69, 9.17) is 0 Å². The Kier molecular flexibility index (Phi) is 9.46. The number of carbonyl (C=O) groups is 3. The first-order valence-electron chi connectivity index (χ1n) is 11.0. The first-order chi connectivity index (χ1) is 14.5. The highest BCUT2D eigenvalue weighted by molar-refractivity contribution is 6.30. The SMILES string of the molecule is CCCCCCCCCCC(C(=O)O)(C(=O)c1ccccc1)C(=O)c1ccccc1. The van der Waals surface area contributed by atoms with Crippen molar-refractivity contribution in [1.82, 2.24) is 0 Å². The van der Waals surface area contributed by atoms with Gasteiger partial charge in [-0.15, -0.1) is 0 Å². The molecule has 0 saturated carbocycles. The highest BCUT2D eigenvalue weighted by atomic mass is 16.4. The Morgan fingerprint density at radius 2 is 1.07 bits per heavy atom. The third-order valence-electron chi connectivity index (χ3n) is 5.62. The monoisotopic (exact) mass is 408 g/mol. The van der Waals surface area contributed by atoms with E-state index < -0.39 is 23.0 Å². The van der Waals surface area contributed by atoms with Crippen LogP contribution in [0.25, 0.3) is 0 Å². The van der Waals surface area contributed by atoms with E-state index in [0.717, 1.165) is 19.3 Å². The maximum Gasteiger partial charge on any atom is 0.325 e. The van der Waals surface area contributed by atoms with Gasteiger partial charge in [-0.05, 0) is 6.42 Å². The Bertz CT molecular complexity index is 760. The molecule has 0 aliphatic rings. The van der Waals surface area contributed by atoms with Gasteiger partial charge < -0.3 is 5.11 Å². The summed E-state index contributed by atoms with van der Waals surface area (Å²) in [5.41, 5.74) is -1.59. The van der Waals surface area contributed by atoms with Crippen LogP contribution >= 0.6 is 0 Å². The van der Waals surface area contributed by atoms with Crippen LogP contribution in [0.2, 0.25) is 0 Å². The van der Waals surface area contributed by atoms with Crippen molar-refractivity contribution in [3.63, 3.8) is 0 Å². The molecule has 30 heavy (non-hydrogen) atoms. The lowest BCUT2D eigenvalue weighted by Crippen LogP contribution is -2.46. The lowest BCUT2D eigenvalue weighted by atomic mass is 9.71. The van der Waals surface area contributed by atoms with Gasteiger partial charge >= 0.3 is 5.97 Å². The second kappa shape index (κ2) is 12.1. The van der Waals surface area contributed by atoms with Crippen molar-refractivity contribution in [2.75, 3.05) is 0 Å². The number of carboxylic acids is 1. The quantitative estimate of drug-likeness (QED) is 0.224. The highest BCUT2D eigenvalue weighted by Gasteiger charge is 2.52. The molecule has 0 amide bonds. The third kappa shape index (κ3) is 5.88. The number of aliphatic carboxylic acids is 1. The van der Waals surface area contributed by atoms with Gasteiger partial charge in [-0.3, -0.25) is 14.4 Å². The number of carboxylic acid groups (broad SMARTS) is 1. The van der Waals surface area contributed by atoms with E-state index in [9.17, 15) is 19.5 Å². The largest absolute Gasteiger partial charge is 0.480 e. The van der Waals surface area contributed by atoms with Crippen molar-refractivity contribution in [2.45, 2.75) is 64.7 Å². The summed E-state index contributed by atoms with van der Waals surface area (Å²) in [6.07, 6.45) is 8.25. The molecule has 0 atom stereocenters. The van der Waals surface area contributed by atoms with Crippen LogP contribution in [0.4, 0.5) is 0 Å². The maximum absolute atomic E-state index is 13.4. The molecule has 0 bridgehead atoms. The molecule has 2 rings (SSSR count). The number of hydrogen-bond acceptors (Lipinski definition) is 3. The molecule has 0 aliphatic heterocycles. The van der Waals surface area contributed by atoms with Gasteiger partial charge in [-0.2, -0.15) is 0 Å². The Morgan fingerprint density at radius 1 is 0.667 bits per heavy atom. The second-order valence-electron chi connectivity index (χ2n) is 7.83. The van der Waals surface area contributed by atoms with Crippen LogP contribution in [0.3, 0.4) is 0 Å². The number of benzene rings is 2. The molecule has 0 saturated heterocycles. The van der Waals surface area contributed by atoms with Crippen LogP contribution in [0.5, 0.6) is 0 Å². The fourth-order valence-electron chi connectivity index (χ4n) is 3.83. The molecule has 0 radical (unpaired) electrons. The van der Waals surface area contributed by atoms with E-state index >= 15 is 0 Å². The van der Waals surface area contributed by atoms with Crippen molar-refractivity contribution in [3.05, 3.63) is 71.8 Å². The molecular weight excluding hydrogens is 376 g/mol. The van der Waals surface area contributed by atoms with Gasteiger partial charge in [0.25, 0.3) is 0 Å². The van der Waals surface area contributed by atoms with Crippen LogP contribution in [0.1, 0.15) is 85.4 Å². The second-order valence-corrected chi connectivity index (χ2v) is 7.83. The molecule has 0 fully saturated rings. The number of Topliss-reactive ketones (excluding diaryl/α,β-unsaturated/α-hetero) is 2. The van der Waals surface area contributed by atoms with Crippen LogP contribution in [-0.2, 0) is 4.79 Å². The average molecular weight is 409 g/mol. The predicted octanol–water partition coefficient (Wildman–Crippen LogP) is 6.35.